The van der Waals surface area contributed by atoms with Crippen LogP contribution in [0.1, 0.15) is 0 Å². The molecule has 0 N–H and O–H groups in total. The third-order valence-electron chi connectivity index (χ3n) is 11.0. The molecule has 11 rings (SSSR count). The number of furan rings is 1. The van der Waals surface area contributed by atoms with Gasteiger partial charge in [0.2, 0.25) is 0 Å². The number of fused-ring (bicyclic) bond motifs is 7. The summed E-state index contributed by atoms with van der Waals surface area (Å²) in [5.41, 5.74) is 13.2. The summed E-state index contributed by atoms with van der Waals surface area (Å²) < 4.78 is 8.92. The van der Waals surface area contributed by atoms with Crippen molar-refractivity contribution in [2.45, 2.75) is 0 Å². The van der Waals surface area contributed by atoms with Crippen LogP contribution in [0, 0.1) is 0 Å². The first-order valence-corrected chi connectivity index (χ1v) is 18.8. The summed E-state index contributed by atoms with van der Waals surface area (Å²) in [6, 6.07) is 73.9. The molecular weight excluding hydrogens is 669 g/mol. The summed E-state index contributed by atoms with van der Waals surface area (Å²) in [6.45, 7) is 0. The van der Waals surface area contributed by atoms with Gasteiger partial charge in [-0.05, 0) is 76.7 Å². The Balaban J connectivity index is 1.11. The lowest BCUT2D eigenvalue weighted by molar-refractivity contribution is 0.666. The van der Waals surface area contributed by atoms with E-state index in [1.165, 1.54) is 38.2 Å². The SMILES string of the molecule is c1ccc(N(c2ccccc2-c2ccccc2-c2ccc3c(c2)c2ccccc2n3-c2cccc3c2oc2ccccc23)c2cccc3ccccc23)cc1. The highest BCUT2D eigenvalue weighted by Gasteiger charge is 2.22. The van der Waals surface area contributed by atoms with E-state index in [2.05, 4.69) is 204 Å². The minimum absolute atomic E-state index is 0.895. The van der Waals surface area contributed by atoms with Crippen molar-refractivity contribution in [1.29, 1.82) is 0 Å². The fourth-order valence-electron chi connectivity index (χ4n) is 8.56. The van der Waals surface area contributed by atoms with Crippen LogP contribution in [-0.4, -0.2) is 4.57 Å². The smallest absolute Gasteiger partial charge is 0.159 e. The van der Waals surface area contributed by atoms with E-state index in [1.54, 1.807) is 0 Å². The predicted molar refractivity (Wildman–Crippen MR) is 231 cm³/mol. The van der Waals surface area contributed by atoms with E-state index in [0.29, 0.717) is 0 Å². The second-order valence-corrected chi connectivity index (χ2v) is 14.1. The molecule has 9 aromatic carbocycles. The summed E-state index contributed by atoms with van der Waals surface area (Å²) in [4.78, 5) is 2.41. The van der Waals surface area contributed by atoms with Gasteiger partial charge in [-0.15, -0.1) is 0 Å². The maximum Gasteiger partial charge on any atom is 0.159 e. The average Bonchev–Trinajstić information content (AvgIpc) is 3.80. The first-order chi connectivity index (χ1) is 27.3. The molecule has 0 atom stereocenters. The Hall–Kier alpha value is -7.36. The topological polar surface area (TPSA) is 21.3 Å². The van der Waals surface area contributed by atoms with Gasteiger partial charge in [0.15, 0.2) is 5.58 Å². The van der Waals surface area contributed by atoms with Crippen LogP contribution in [0.2, 0.25) is 0 Å². The average molecular weight is 703 g/mol. The molecule has 0 saturated heterocycles. The van der Waals surface area contributed by atoms with Crippen LogP contribution >= 0.6 is 0 Å². The van der Waals surface area contributed by atoms with Crippen molar-refractivity contribution in [2.24, 2.45) is 0 Å². The first kappa shape index (κ1) is 31.2. The molecule has 0 aliphatic heterocycles. The van der Waals surface area contributed by atoms with E-state index in [1.807, 2.05) is 12.1 Å². The number of anilines is 3. The van der Waals surface area contributed by atoms with Gasteiger partial charge in [0, 0.05) is 38.2 Å². The normalized spacial score (nSPS) is 11.6. The standard InChI is InChI=1S/C52H34N2O/c1-2-18-37(19-3-1)53(46-29-14-17-35-16-4-5-21-39(35)46)47-27-11-8-23-41(47)40-22-7-6-20-38(40)36-32-33-49-45(34-36)42-24-9-12-28-48(42)54(49)50-30-15-26-44-43-25-10-13-31-51(43)55-52(44)50/h1-34H. The summed E-state index contributed by atoms with van der Waals surface area (Å²) >= 11 is 0. The van der Waals surface area contributed by atoms with E-state index in [9.17, 15) is 0 Å². The van der Waals surface area contributed by atoms with Gasteiger partial charge >= 0.3 is 0 Å². The van der Waals surface area contributed by atoms with Crippen molar-refractivity contribution in [3.8, 4) is 27.9 Å². The highest BCUT2D eigenvalue weighted by molar-refractivity contribution is 6.14. The number of hydrogen-bond donors (Lipinski definition) is 0. The molecule has 3 heteroatoms. The molecule has 0 unspecified atom stereocenters. The molecule has 3 nitrogen and oxygen atoms in total. The molecular formula is C52H34N2O. The van der Waals surface area contributed by atoms with Gasteiger partial charge in [0.05, 0.1) is 28.1 Å². The van der Waals surface area contributed by atoms with Gasteiger partial charge in [-0.1, -0.05) is 152 Å². The van der Waals surface area contributed by atoms with Crippen molar-refractivity contribution in [1.82, 2.24) is 4.57 Å². The van der Waals surface area contributed by atoms with Gasteiger partial charge in [0.1, 0.15) is 5.58 Å². The number of nitrogens with zero attached hydrogens (tertiary/aromatic N) is 2. The predicted octanol–water partition coefficient (Wildman–Crippen LogP) is 14.6. The second-order valence-electron chi connectivity index (χ2n) is 14.1. The molecule has 0 fully saturated rings. The molecule has 0 aliphatic rings. The zero-order valence-corrected chi connectivity index (χ0v) is 29.9. The molecule has 2 heterocycles. The number of hydrogen-bond acceptors (Lipinski definition) is 2. The Labute approximate surface area is 318 Å². The number of aromatic nitrogens is 1. The molecule has 0 saturated carbocycles. The summed E-state index contributed by atoms with van der Waals surface area (Å²) in [7, 11) is 0. The van der Waals surface area contributed by atoms with Crippen LogP contribution in [0.5, 0.6) is 0 Å². The van der Waals surface area contributed by atoms with Crippen LogP contribution in [0.15, 0.2) is 211 Å². The Bertz CT molecular complexity index is 3220. The van der Waals surface area contributed by atoms with E-state index in [4.69, 9.17) is 4.42 Å². The third-order valence-corrected chi connectivity index (χ3v) is 11.0. The van der Waals surface area contributed by atoms with E-state index in [0.717, 1.165) is 61.3 Å². The molecule has 0 radical (unpaired) electrons. The molecule has 0 amide bonds. The Morgan fingerprint density at radius 3 is 1.89 bits per heavy atom. The van der Waals surface area contributed by atoms with E-state index < -0.39 is 0 Å². The van der Waals surface area contributed by atoms with E-state index >= 15 is 0 Å². The molecule has 0 bridgehead atoms. The Morgan fingerprint density at radius 2 is 1.00 bits per heavy atom. The summed E-state index contributed by atoms with van der Waals surface area (Å²) in [6.07, 6.45) is 0. The van der Waals surface area contributed by atoms with Crippen LogP contribution in [0.25, 0.3) is 82.5 Å². The Morgan fingerprint density at radius 1 is 0.382 bits per heavy atom. The van der Waals surface area contributed by atoms with Crippen LogP contribution < -0.4 is 4.90 Å². The fourth-order valence-corrected chi connectivity index (χ4v) is 8.56. The van der Waals surface area contributed by atoms with Gasteiger partial charge in [-0.3, -0.25) is 0 Å². The highest BCUT2D eigenvalue weighted by atomic mass is 16.3. The quantitative estimate of drug-likeness (QED) is 0.172. The van der Waals surface area contributed by atoms with Crippen molar-refractivity contribution < 1.29 is 4.42 Å². The largest absolute Gasteiger partial charge is 0.454 e. The number of para-hydroxylation sites is 5. The zero-order valence-electron chi connectivity index (χ0n) is 29.9. The second kappa shape index (κ2) is 12.6. The van der Waals surface area contributed by atoms with Gasteiger partial charge in [-0.25, -0.2) is 0 Å². The first-order valence-electron chi connectivity index (χ1n) is 18.8. The van der Waals surface area contributed by atoms with Crippen molar-refractivity contribution in [3.63, 3.8) is 0 Å². The molecule has 258 valence electrons. The van der Waals surface area contributed by atoms with Crippen molar-refractivity contribution in [2.75, 3.05) is 4.90 Å². The number of benzene rings is 9. The Kier molecular flexibility index (Phi) is 7.17. The van der Waals surface area contributed by atoms with E-state index in [-0.39, 0.29) is 0 Å². The van der Waals surface area contributed by atoms with Gasteiger partial charge in [0.25, 0.3) is 0 Å². The highest BCUT2D eigenvalue weighted by Crippen LogP contribution is 2.46. The van der Waals surface area contributed by atoms with Crippen LogP contribution in [-0.2, 0) is 0 Å². The zero-order chi connectivity index (χ0) is 36.3. The maximum atomic E-state index is 6.56. The maximum absolute atomic E-state index is 6.56. The van der Waals surface area contributed by atoms with Crippen LogP contribution in [0.4, 0.5) is 17.1 Å². The molecule has 11 aromatic rings. The minimum atomic E-state index is 0.895. The minimum Gasteiger partial charge on any atom is -0.454 e. The lowest BCUT2D eigenvalue weighted by Gasteiger charge is -2.29. The number of rotatable bonds is 6. The van der Waals surface area contributed by atoms with Crippen LogP contribution in [0.3, 0.4) is 0 Å². The monoisotopic (exact) mass is 702 g/mol. The molecule has 2 aromatic heterocycles. The molecule has 0 spiro atoms. The fraction of sp³-hybridized carbons (Fsp3) is 0. The molecule has 0 aliphatic carbocycles. The van der Waals surface area contributed by atoms with Gasteiger partial charge in [-0.2, -0.15) is 0 Å². The van der Waals surface area contributed by atoms with Gasteiger partial charge < -0.3 is 13.9 Å². The third kappa shape index (κ3) is 4.98. The summed E-state index contributed by atoms with van der Waals surface area (Å²) in [5, 5.41) is 7.07. The van der Waals surface area contributed by atoms with Crippen molar-refractivity contribution in [3.05, 3.63) is 206 Å². The lowest BCUT2D eigenvalue weighted by atomic mass is 9.92. The van der Waals surface area contributed by atoms with Crippen molar-refractivity contribution >= 4 is 71.6 Å². The lowest BCUT2D eigenvalue weighted by Crippen LogP contribution is -2.11. The molecule has 55 heavy (non-hydrogen) atoms. The summed E-state index contributed by atoms with van der Waals surface area (Å²) in [5.74, 6) is 0.